The number of benzene rings is 2. The van der Waals surface area contributed by atoms with Crippen molar-refractivity contribution in [1.29, 1.82) is 0 Å². The SMILES string of the molecule is COc1ccc(CC(O)c2ccccc2OC(C)C)cc1. The largest absolute Gasteiger partial charge is 0.497 e. The molecule has 1 N–H and O–H groups in total. The molecule has 1 unspecified atom stereocenters. The van der Waals surface area contributed by atoms with Gasteiger partial charge in [0.25, 0.3) is 0 Å². The molecule has 0 aliphatic carbocycles. The van der Waals surface area contributed by atoms with Crippen LogP contribution in [0.5, 0.6) is 11.5 Å². The standard InChI is InChI=1S/C18H22O3/c1-13(2)21-18-7-5-4-6-16(18)17(19)12-14-8-10-15(20-3)11-9-14/h4-11,13,17,19H,12H2,1-3H3. The smallest absolute Gasteiger partial charge is 0.125 e. The summed E-state index contributed by atoms with van der Waals surface area (Å²) in [6.07, 6.45) is 0.0373. The summed E-state index contributed by atoms with van der Waals surface area (Å²) >= 11 is 0. The Bertz CT molecular complexity index is 561. The molecule has 0 saturated heterocycles. The predicted octanol–water partition coefficient (Wildman–Crippen LogP) is 3.76. The monoisotopic (exact) mass is 286 g/mol. The lowest BCUT2D eigenvalue weighted by atomic mass is 10.0. The molecule has 0 saturated carbocycles. The Balaban J connectivity index is 2.13. The highest BCUT2D eigenvalue weighted by molar-refractivity contribution is 5.37. The lowest BCUT2D eigenvalue weighted by molar-refractivity contribution is 0.166. The number of rotatable bonds is 6. The second-order valence-corrected chi connectivity index (χ2v) is 5.27. The topological polar surface area (TPSA) is 38.7 Å². The molecule has 3 nitrogen and oxygen atoms in total. The van der Waals surface area contributed by atoms with Crippen molar-refractivity contribution in [2.45, 2.75) is 32.5 Å². The average molecular weight is 286 g/mol. The van der Waals surface area contributed by atoms with E-state index in [2.05, 4.69) is 0 Å². The second kappa shape index (κ2) is 7.14. The van der Waals surface area contributed by atoms with Crippen molar-refractivity contribution in [3.63, 3.8) is 0 Å². The van der Waals surface area contributed by atoms with Gasteiger partial charge in [0.15, 0.2) is 0 Å². The molecule has 2 aromatic rings. The molecular formula is C18H22O3. The van der Waals surface area contributed by atoms with Crippen LogP contribution in [0.25, 0.3) is 0 Å². The Morgan fingerprint density at radius 1 is 1.00 bits per heavy atom. The summed E-state index contributed by atoms with van der Waals surface area (Å²) in [7, 11) is 1.64. The van der Waals surface area contributed by atoms with Crippen LogP contribution in [0.3, 0.4) is 0 Å². The minimum absolute atomic E-state index is 0.0827. The lowest BCUT2D eigenvalue weighted by Gasteiger charge is -2.18. The first kappa shape index (κ1) is 15.4. The summed E-state index contributed by atoms with van der Waals surface area (Å²) < 4.78 is 10.9. The fourth-order valence-corrected chi connectivity index (χ4v) is 2.21. The Hall–Kier alpha value is -2.00. The first-order chi connectivity index (χ1) is 10.1. The van der Waals surface area contributed by atoms with Gasteiger partial charge in [-0.25, -0.2) is 0 Å². The van der Waals surface area contributed by atoms with E-state index < -0.39 is 6.10 Å². The van der Waals surface area contributed by atoms with E-state index in [9.17, 15) is 5.11 Å². The van der Waals surface area contributed by atoms with E-state index >= 15 is 0 Å². The van der Waals surface area contributed by atoms with Gasteiger partial charge in [0, 0.05) is 12.0 Å². The van der Waals surface area contributed by atoms with Gasteiger partial charge in [-0.05, 0) is 37.6 Å². The molecule has 0 aliphatic heterocycles. The fraction of sp³-hybridized carbons (Fsp3) is 0.333. The maximum atomic E-state index is 10.5. The summed E-state index contributed by atoms with van der Waals surface area (Å²) in [6, 6.07) is 15.4. The van der Waals surface area contributed by atoms with Crippen LogP contribution in [0.2, 0.25) is 0 Å². The van der Waals surface area contributed by atoms with Gasteiger partial charge < -0.3 is 14.6 Å². The Labute approximate surface area is 126 Å². The molecule has 112 valence electrons. The van der Waals surface area contributed by atoms with Gasteiger partial charge in [-0.2, -0.15) is 0 Å². The number of hydrogen-bond acceptors (Lipinski definition) is 3. The number of hydrogen-bond donors (Lipinski definition) is 1. The van der Waals surface area contributed by atoms with Gasteiger partial charge in [-0.15, -0.1) is 0 Å². The average Bonchev–Trinajstić information content (AvgIpc) is 2.48. The van der Waals surface area contributed by atoms with E-state index in [1.54, 1.807) is 7.11 Å². The molecule has 0 fully saturated rings. The van der Waals surface area contributed by atoms with Crippen LogP contribution in [0.4, 0.5) is 0 Å². The minimum atomic E-state index is -0.589. The normalized spacial score (nSPS) is 12.2. The lowest BCUT2D eigenvalue weighted by Crippen LogP contribution is -2.10. The van der Waals surface area contributed by atoms with Gasteiger partial charge in [0.1, 0.15) is 11.5 Å². The molecule has 0 aromatic heterocycles. The highest BCUT2D eigenvalue weighted by atomic mass is 16.5. The van der Waals surface area contributed by atoms with Gasteiger partial charge >= 0.3 is 0 Å². The maximum absolute atomic E-state index is 10.5. The molecule has 0 amide bonds. The van der Waals surface area contributed by atoms with Crippen LogP contribution >= 0.6 is 0 Å². The molecular weight excluding hydrogens is 264 g/mol. The van der Waals surface area contributed by atoms with E-state index in [4.69, 9.17) is 9.47 Å². The molecule has 2 aromatic carbocycles. The third-order valence-corrected chi connectivity index (χ3v) is 3.23. The number of aliphatic hydroxyl groups is 1. The highest BCUT2D eigenvalue weighted by Gasteiger charge is 2.14. The van der Waals surface area contributed by atoms with Gasteiger partial charge in [-0.3, -0.25) is 0 Å². The molecule has 21 heavy (non-hydrogen) atoms. The number of aliphatic hydroxyl groups excluding tert-OH is 1. The number of ether oxygens (including phenoxy) is 2. The van der Waals surface area contributed by atoms with Crippen molar-refractivity contribution >= 4 is 0 Å². The minimum Gasteiger partial charge on any atom is -0.497 e. The summed E-state index contributed by atoms with van der Waals surface area (Å²) in [5.41, 5.74) is 1.88. The molecule has 2 rings (SSSR count). The van der Waals surface area contributed by atoms with Crippen LogP contribution in [-0.4, -0.2) is 18.3 Å². The van der Waals surface area contributed by atoms with E-state index in [0.29, 0.717) is 6.42 Å². The van der Waals surface area contributed by atoms with Crippen LogP contribution in [0.15, 0.2) is 48.5 Å². The third kappa shape index (κ3) is 4.23. The van der Waals surface area contributed by atoms with Crippen molar-refractivity contribution < 1.29 is 14.6 Å². The third-order valence-electron chi connectivity index (χ3n) is 3.23. The Kier molecular flexibility index (Phi) is 5.23. The number of methoxy groups -OCH3 is 1. The van der Waals surface area contributed by atoms with E-state index in [1.807, 2.05) is 62.4 Å². The molecule has 0 radical (unpaired) electrons. The van der Waals surface area contributed by atoms with Crippen molar-refractivity contribution in [3.05, 3.63) is 59.7 Å². The van der Waals surface area contributed by atoms with Crippen LogP contribution < -0.4 is 9.47 Å². The van der Waals surface area contributed by atoms with Crippen molar-refractivity contribution in [2.24, 2.45) is 0 Å². The molecule has 0 spiro atoms. The molecule has 3 heteroatoms. The molecule has 1 atom stereocenters. The Morgan fingerprint density at radius 2 is 1.67 bits per heavy atom. The second-order valence-electron chi connectivity index (χ2n) is 5.27. The zero-order valence-corrected chi connectivity index (χ0v) is 12.7. The summed E-state index contributed by atoms with van der Waals surface area (Å²) in [5.74, 6) is 1.56. The van der Waals surface area contributed by atoms with E-state index in [-0.39, 0.29) is 6.10 Å². The van der Waals surface area contributed by atoms with Crippen molar-refractivity contribution in [2.75, 3.05) is 7.11 Å². The fourth-order valence-electron chi connectivity index (χ4n) is 2.21. The van der Waals surface area contributed by atoms with Crippen molar-refractivity contribution in [1.82, 2.24) is 0 Å². The summed E-state index contributed by atoms with van der Waals surface area (Å²) in [5, 5.41) is 10.5. The highest BCUT2D eigenvalue weighted by Crippen LogP contribution is 2.28. The molecule has 0 bridgehead atoms. The number of para-hydroxylation sites is 1. The van der Waals surface area contributed by atoms with Crippen LogP contribution in [0.1, 0.15) is 31.1 Å². The summed E-state index contributed by atoms with van der Waals surface area (Å²) in [6.45, 7) is 3.96. The zero-order valence-electron chi connectivity index (χ0n) is 12.7. The van der Waals surface area contributed by atoms with E-state index in [0.717, 1.165) is 22.6 Å². The first-order valence-corrected chi connectivity index (χ1v) is 7.16. The van der Waals surface area contributed by atoms with E-state index in [1.165, 1.54) is 0 Å². The summed E-state index contributed by atoms with van der Waals surface area (Å²) in [4.78, 5) is 0. The maximum Gasteiger partial charge on any atom is 0.125 e. The zero-order chi connectivity index (χ0) is 15.2. The predicted molar refractivity (Wildman–Crippen MR) is 83.9 cm³/mol. The Morgan fingerprint density at radius 3 is 2.29 bits per heavy atom. The van der Waals surface area contributed by atoms with Crippen molar-refractivity contribution in [3.8, 4) is 11.5 Å². The first-order valence-electron chi connectivity index (χ1n) is 7.16. The van der Waals surface area contributed by atoms with Gasteiger partial charge in [0.2, 0.25) is 0 Å². The molecule has 0 aliphatic rings. The van der Waals surface area contributed by atoms with Gasteiger partial charge in [-0.1, -0.05) is 30.3 Å². The van der Waals surface area contributed by atoms with Crippen LogP contribution in [-0.2, 0) is 6.42 Å². The van der Waals surface area contributed by atoms with Crippen LogP contribution in [0, 0.1) is 0 Å². The molecule has 0 heterocycles. The van der Waals surface area contributed by atoms with Gasteiger partial charge in [0.05, 0.1) is 19.3 Å². The quantitative estimate of drug-likeness (QED) is 0.878.